The zero-order chi connectivity index (χ0) is 12.8. The van der Waals surface area contributed by atoms with Gasteiger partial charge in [-0.15, -0.1) is 24.0 Å². The number of piperazine rings is 1. The van der Waals surface area contributed by atoms with Gasteiger partial charge in [-0.05, 0) is 19.0 Å². The maximum atomic E-state index is 11.8. The summed E-state index contributed by atoms with van der Waals surface area (Å²) in [6.07, 6.45) is 1.00. The fourth-order valence-electron chi connectivity index (χ4n) is 1.97. The zero-order valence-corrected chi connectivity index (χ0v) is 12.0. The van der Waals surface area contributed by atoms with Crippen molar-refractivity contribution in [2.24, 2.45) is 0 Å². The van der Waals surface area contributed by atoms with E-state index < -0.39 is 0 Å². The Morgan fingerprint density at radius 3 is 2.94 bits per heavy atom. The SMILES string of the molecule is O=C(NCCCN1CCNCC1)c1cc(S)cs1. The average molecular weight is 285 g/mol. The van der Waals surface area contributed by atoms with Crippen LogP contribution in [0.4, 0.5) is 0 Å². The van der Waals surface area contributed by atoms with Crippen LogP contribution in [0.25, 0.3) is 0 Å². The zero-order valence-electron chi connectivity index (χ0n) is 10.3. The van der Waals surface area contributed by atoms with Gasteiger partial charge in [0.25, 0.3) is 5.91 Å². The van der Waals surface area contributed by atoms with Gasteiger partial charge in [0.15, 0.2) is 0 Å². The van der Waals surface area contributed by atoms with Gasteiger partial charge in [-0.3, -0.25) is 4.79 Å². The van der Waals surface area contributed by atoms with Crippen molar-refractivity contribution in [3.63, 3.8) is 0 Å². The Morgan fingerprint density at radius 1 is 1.50 bits per heavy atom. The molecular formula is C12H19N3OS2. The highest BCUT2D eigenvalue weighted by molar-refractivity contribution is 7.80. The molecule has 1 aliphatic rings. The molecule has 1 saturated heterocycles. The van der Waals surface area contributed by atoms with E-state index in [2.05, 4.69) is 28.2 Å². The lowest BCUT2D eigenvalue weighted by molar-refractivity contribution is 0.0955. The van der Waals surface area contributed by atoms with Crippen LogP contribution in [0, 0.1) is 0 Å². The molecule has 2 N–H and O–H groups in total. The molecule has 1 amide bonds. The molecular weight excluding hydrogens is 266 g/mol. The van der Waals surface area contributed by atoms with Gasteiger partial charge in [0.2, 0.25) is 0 Å². The van der Waals surface area contributed by atoms with E-state index in [-0.39, 0.29) is 5.91 Å². The molecule has 0 spiro atoms. The predicted octanol–water partition coefficient (Wildman–Crippen LogP) is 1.06. The van der Waals surface area contributed by atoms with Crippen LogP contribution in [0.15, 0.2) is 16.3 Å². The fourth-order valence-corrected chi connectivity index (χ4v) is 3.04. The summed E-state index contributed by atoms with van der Waals surface area (Å²) in [4.78, 5) is 15.8. The molecule has 0 atom stereocenters. The highest BCUT2D eigenvalue weighted by atomic mass is 32.1. The van der Waals surface area contributed by atoms with Crippen molar-refractivity contribution >= 4 is 29.9 Å². The molecule has 6 heteroatoms. The van der Waals surface area contributed by atoms with Gasteiger partial charge in [0.05, 0.1) is 4.88 Å². The third kappa shape index (κ3) is 4.28. The molecule has 100 valence electrons. The number of nitrogens with one attached hydrogen (secondary N) is 2. The number of carbonyl (C=O) groups is 1. The first-order valence-corrected chi connectivity index (χ1v) is 7.57. The van der Waals surface area contributed by atoms with E-state index in [0.717, 1.165) is 55.5 Å². The Labute approximate surface area is 117 Å². The van der Waals surface area contributed by atoms with Gasteiger partial charge in [-0.1, -0.05) is 0 Å². The molecule has 0 aromatic carbocycles. The van der Waals surface area contributed by atoms with E-state index in [9.17, 15) is 4.79 Å². The van der Waals surface area contributed by atoms with Gasteiger partial charge < -0.3 is 15.5 Å². The average Bonchev–Trinajstić information content (AvgIpc) is 2.82. The van der Waals surface area contributed by atoms with Gasteiger partial charge >= 0.3 is 0 Å². The minimum absolute atomic E-state index is 0.0145. The number of rotatable bonds is 5. The van der Waals surface area contributed by atoms with E-state index in [1.807, 2.05) is 5.38 Å². The topological polar surface area (TPSA) is 44.4 Å². The van der Waals surface area contributed by atoms with Crippen LogP contribution in [-0.4, -0.2) is 50.1 Å². The first-order chi connectivity index (χ1) is 8.75. The second-order valence-electron chi connectivity index (χ2n) is 4.37. The summed E-state index contributed by atoms with van der Waals surface area (Å²) in [7, 11) is 0. The number of nitrogens with zero attached hydrogens (tertiary/aromatic N) is 1. The summed E-state index contributed by atoms with van der Waals surface area (Å²) in [5, 5.41) is 8.15. The predicted molar refractivity (Wildman–Crippen MR) is 77.8 cm³/mol. The monoisotopic (exact) mass is 285 g/mol. The summed E-state index contributed by atoms with van der Waals surface area (Å²) in [5.74, 6) is 0.0145. The Bertz CT molecular complexity index is 388. The lowest BCUT2D eigenvalue weighted by Gasteiger charge is -2.27. The van der Waals surface area contributed by atoms with Crippen LogP contribution < -0.4 is 10.6 Å². The smallest absolute Gasteiger partial charge is 0.261 e. The number of amides is 1. The van der Waals surface area contributed by atoms with E-state index in [4.69, 9.17) is 0 Å². The molecule has 1 aromatic heterocycles. The molecule has 0 radical (unpaired) electrons. The number of carbonyl (C=O) groups excluding carboxylic acids is 1. The molecule has 1 aliphatic heterocycles. The summed E-state index contributed by atoms with van der Waals surface area (Å²) in [6.45, 7) is 6.18. The quantitative estimate of drug-likeness (QED) is 0.560. The van der Waals surface area contributed by atoms with Crippen molar-refractivity contribution in [2.45, 2.75) is 11.3 Å². The molecule has 2 heterocycles. The van der Waals surface area contributed by atoms with Gasteiger partial charge in [-0.25, -0.2) is 0 Å². The molecule has 0 unspecified atom stereocenters. The largest absolute Gasteiger partial charge is 0.351 e. The van der Waals surface area contributed by atoms with E-state index >= 15 is 0 Å². The minimum atomic E-state index is 0.0145. The second-order valence-corrected chi connectivity index (χ2v) is 5.80. The van der Waals surface area contributed by atoms with Gasteiger partial charge in [-0.2, -0.15) is 0 Å². The Hall–Kier alpha value is -0.560. The molecule has 0 saturated carbocycles. The standard InChI is InChI=1S/C12H19N3OS2/c16-12(11-8-10(17)9-18-11)14-2-1-5-15-6-3-13-4-7-15/h8-9,13,17H,1-7H2,(H,14,16). The third-order valence-electron chi connectivity index (χ3n) is 2.96. The first kappa shape index (κ1) is 13.9. The molecule has 4 nitrogen and oxygen atoms in total. The lowest BCUT2D eigenvalue weighted by Crippen LogP contribution is -2.44. The minimum Gasteiger partial charge on any atom is -0.351 e. The second kappa shape index (κ2) is 7.13. The number of hydrogen-bond acceptors (Lipinski definition) is 5. The Balaban J connectivity index is 1.61. The number of thiol groups is 1. The summed E-state index contributed by atoms with van der Waals surface area (Å²) >= 11 is 5.63. The van der Waals surface area contributed by atoms with Crippen molar-refractivity contribution in [3.05, 3.63) is 16.3 Å². The van der Waals surface area contributed by atoms with Crippen molar-refractivity contribution in [2.75, 3.05) is 39.3 Å². The van der Waals surface area contributed by atoms with Crippen LogP contribution in [0.5, 0.6) is 0 Å². The third-order valence-corrected chi connectivity index (χ3v) is 4.32. The molecule has 1 aromatic rings. The van der Waals surface area contributed by atoms with E-state index in [1.165, 1.54) is 11.3 Å². The number of hydrogen-bond donors (Lipinski definition) is 3. The summed E-state index contributed by atoms with van der Waals surface area (Å²) in [5.41, 5.74) is 0. The van der Waals surface area contributed by atoms with Crippen LogP contribution >= 0.6 is 24.0 Å². The molecule has 1 fully saturated rings. The normalized spacial score (nSPS) is 16.7. The lowest BCUT2D eigenvalue weighted by atomic mass is 10.3. The summed E-state index contributed by atoms with van der Waals surface area (Å²) in [6, 6.07) is 1.80. The first-order valence-electron chi connectivity index (χ1n) is 6.24. The van der Waals surface area contributed by atoms with E-state index in [1.54, 1.807) is 6.07 Å². The summed E-state index contributed by atoms with van der Waals surface area (Å²) < 4.78 is 0. The maximum Gasteiger partial charge on any atom is 0.261 e. The van der Waals surface area contributed by atoms with Crippen LogP contribution in [0.3, 0.4) is 0 Å². The van der Waals surface area contributed by atoms with Crippen molar-refractivity contribution in [1.82, 2.24) is 15.5 Å². The highest BCUT2D eigenvalue weighted by Gasteiger charge is 2.10. The molecule has 0 bridgehead atoms. The van der Waals surface area contributed by atoms with Gasteiger partial charge in [0, 0.05) is 43.0 Å². The molecule has 0 aliphatic carbocycles. The molecule has 2 rings (SSSR count). The van der Waals surface area contributed by atoms with Crippen LogP contribution in [0.1, 0.15) is 16.1 Å². The molecule has 18 heavy (non-hydrogen) atoms. The number of thiophene rings is 1. The van der Waals surface area contributed by atoms with Crippen molar-refractivity contribution in [1.29, 1.82) is 0 Å². The van der Waals surface area contributed by atoms with Gasteiger partial charge in [0.1, 0.15) is 0 Å². The van der Waals surface area contributed by atoms with Crippen LogP contribution in [-0.2, 0) is 0 Å². The van der Waals surface area contributed by atoms with Crippen molar-refractivity contribution < 1.29 is 4.79 Å². The maximum absolute atomic E-state index is 11.8. The highest BCUT2D eigenvalue weighted by Crippen LogP contribution is 2.17. The van der Waals surface area contributed by atoms with E-state index in [0.29, 0.717) is 0 Å². The van der Waals surface area contributed by atoms with Crippen LogP contribution in [0.2, 0.25) is 0 Å². The Morgan fingerprint density at radius 2 is 2.28 bits per heavy atom. The Kier molecular flexibility index (Phi) is 5.49. The van der Waals surface area contributed by atoms with Crippen molar-refractivity contribution in [3.8, 4) is 0 Å². The fraction of sp³-hybridized carbons (Fsp3) is 0.583.